The van der Waals surface area contributed by atoms with Gasteiger partial charge < -0.3 is 19.3 Å². The molecule has 0 aliphatic carbocycles. The number of ether oxygens (including phenoxy) is 3. The average molecular weight is 356 g/mol. The molecule has 4 heteroatoms. The summed E-state index contributed by atoms with van der Waals surface area (Å²) < 4.78 is 17.6. The van der Waals surface area contributed by atoms with Gasteiger partial charge in [-0.05, 0) is 23.0 Å². The topological polar surface area (TPSA) is 47.9 Å². The summed E-state index contributed by atoms with van der Waals surface area (Å²) in [5, 5.41) is 10.4. The molecule has 4 nitrogen and oxygen atoms in total. The minimum atomic E-state index is -0.935. The molecule has 0 saturated carbocycles. The van der Waals surface area contributed by atoms with Crippen LogP contribution >= 0.6 is 0 Å². The molecule has 0 radical (unpaired) electrons. The normalized spacial score (nSPS) is 28.8. The maximum atomic E-state index is 10.4. The minimum absolute atomic E-state index is 0.139. The summed E-state index contributed by atoms with van der Waals surface area (Å²) in [6.07, 6.45) is -1.41. The van der Waals surface area contributed by atoms with Crippen molar-refractivity contribution in [1.29, 1.82) is 0 Å². The van der Waals surface area contributed by atoms with Gasteiger partial charge in [-0.1, -0.05) is 74.5 Å². The van der Waals surface area contributed by atoms with Crippen molar-refractivity contribution in [3.8, 4) is 0 Å². The molecule has 1 aliphatic heterocycles. The molecule has 1 N–H and O–H groups in total. The molecule has 1 saturated heterocycles. The molecule has 1 fully saturated rings. The van der Waals surface area contributed by atoms with E-state index < -0.39 is 6.29 Å². The molecule has 140 valence electrons. The molecule has 26 heavy (non-hydrogen) atoms. The first-order valence-electron chi connectivity index (χ1n) is 9.26. The second-order valence-electron chi connectivity index (χ2n) is 7.05. The van der Waals surface area contributed by atoms with Crippen LogP contribution in [-0.4, -0.2) is 30.2 Å². The van der Waals surface area contributed by atoms with Crippen LogP contribution in [0.15, 0.2) is 60.7 Å². The van der Waals surface area contributed by atoms with Crippen molar-refractivity contribution in [2.75, 3.05) is 6.61 Å². The maximum Gasteiger partial charge on any atom is 0.181 e. The Labute approximate surface area is 155 Å². The Bertz CT molecular complexity index is 644. The van der Waals surface area contributed by atoms with E-state index in [2.05, 4.69) is 13.8 Å². The number of rotatable bonds is 7. The lowest BCUT2D eigenvalue weighted by Crippen LogP contribution is -2.51. The van der Waals surface area contributed by atoms with Gasteiger partial charge in [0.1, 0.15) is 6.10 Å². The highest BCUT2D eigenvalue weighted by molar-refractivity contribution is 5.14. The van der Waals surface area contributed by atoms with Crippen molar-refractivity contribution >= 4 is 0 Å². The lowest BCUT2D eigenvalue weighted by Gasteiger charge is -2.42. The Morgan fingerprint density at radius 2 is 1.42 bits per heavy atom. The van der Waals surface area contributed by atoms with Crippen LogP contribution in [0.1, 0.15) is 25.0 Å². The molecule has 5 atom stereocenters. The molecule has 5 unspecified atom stereocenters. The Hall–Kier alpha value is -1.72. The Morgan fingerprint density at radius 3 is 2.04 bits per heavy atom. The minimum Gasteiger partial charge on any atom is -0.374 e. The summed E-state index contributed by atoms with van der Waals surface area (Å²) in [5.74, 6) is 0.405. The first-order chi connectivity index (χ1) is 12.6. The van der Waals surface area contributed by atoms with E-state index >= 15 is 0 Å². The molecular weight excluding hydrogens is 328 g/mol. The summed E-state index contributed by atoms with van der Waals surface area (Å²) in [7, 11) is 0. The number of benzene rings is 2. The van der Waals surface area contributed by atoms with Crippen molar-refractivity contribution in [3.63, 3.8) is 0 Å². The van der Waals surface area contributed by atoms with Gasteiger partial charge >= 0.3 is 0 Å². The molecule has 1 aliphatic rings. The van der Waals surface area contributed by atoms with Gasteiger partial charge in [-0.25, -0.2) is 0 Å². The average Bonchev–Trinajstić information content (AvgIpc) is 2.67. The van der Waals surface area contributed by atoms with Gasteiger partial charge in [-0.15, -0.1) is 0 Å². The molecule has 1 heterocycles. The van der Waals surface area contributed by atoms with E-state index in [4.69, 9.17) is 14.2 Å². The first kappa shape index (κ1) is 19.1. The summed E-state index contributed by atoms with van der Waals surface area (Å²) in [4.78, 5) is 0. The van der Waals surface area contributed by atoms with Crippen LogP contribution in [0.3, 0.4) is 0 Å². The quantitative estimate of drug-likeness (QED) is 0.820. The van der Waals surface area contributed by atoms with Crippen molar-refractivity contribution in [2.45, 2.75) is 45.6 Å². The largest absolute Gasteiger partial charge is 0.374 e. The van der Waals surface area contributed by atoms with Crippen LogP contribution in [0.25, 0.3) is 0 Å². The third-order valence-electron chi connectivity index (χ3n) is 5.21. The molecule has 2 aromatic carbocycles. The predicted molar refractivity (Wildman–Crippen MR) is 100 cm³/mol. The van der Waals surface area contributed by atoms with Crippen molar-refractivity contribution in [3.05, 3.63) is 71.8 Å². The summed E-state index contributed by atoms with van der Waals surface area (Å²) in [6, 6.07) is 20.0. The number of hydrogen-bond donors (Lipinski definition) is 1. The van der Waals surface area contributed by atoms with Gasteiger partial charge in [0.2, 0.25) is 0 Å². The molecular formula is C22H28O4. The first-order valence-corrected chi connectivity index (χ1v) is 9.26. The Morgan fingerprint density at radius 1 is 0.846 bits per heavy atom. The number of aliphatic hydroxyl groups is 1. The maximum absolute atomic E-state index is 10.4. The second kappa shape index (κ2) is 9.28. The third kappa shape index (κ3) is 4.92. The standard InChI is InChI=1S/C22H28O4/c1-16-17(2)21(25-14-19-11-7-4-8-12-19)22(23)26-20(16)15-24-13-18-9-5-3-6-10-18/h3-12,16-17,20-23H,13-15H2,1-2H3. The van der Waals surface area contributed by atoms with E-state index in [0.29, 0.717) is 19.8 Å². The molecule has 0 bridgehead atoms. The monoisotopic (exact) mass is 356 g/mol. The van der Waals surface area contributed by atoms with Crippen LogP contribution in [0, 0.1) is 11.8 Å². The SMILES string of the molecule is CC1C(COCc2ccccc2)OC(O)C(OCc2ccccc2)C1C. The summed E-state index contributed by atoms with van der Waals surface area (Å²) >= 11 is 0. The van der Waals surface area contributed by atoms with E-state index in [0.717, 1.165) is 11.1 Å². The van der Waals surface area contributed by atoms with Crippen LogP contribution in [0.5, 0.6) is 0 Å². The van der Waals surface area contributed by atoms with Crippen molar-refractivity contribution in [1.82, 2.24) is 0 Å². The van der Waals surface area contributed by atoms with Crippen LogP contribution in [-0.2, 0) is 27.4 Å². The predicted octanol–water partition coefficient (Wildman–Crippen LogP) is 3.78. The van der Waals surface area contributed by atoms with Crippen molar-refractivity contribution in [2.24, 2.45) is 11.8 Å². The second-order valence-corrected chi connectivity index (χ2v) is 7.05. The van der Waals surface area contributed by atoms with E-state index in [9.17, 15) is 5.11 Å². The van der Waals surface area contributed by atoms with Gasteiger partial charge in [-0.3, -0.25) is 0 Å². The smallest absolute Gasteiger partial charge is 0.181 e. The lowest BCUT2D eigenvalue weighted by atomic mass is 9.83. The van der Waals surface area contributed by atoms with Gasteiger partial charge in [0.05, 0.1) is 25.9 Å². The zero-order chi connectivity index (χ0) is 18.4. The fraction of sp³-hybridized carbons (Fsp3) is 0.455. The zero-order valence-corrected chi connectivity index (χ0v) is 15.5. The van der Waals surface area contributed by atoms with Gasteiger partial charge in [-0.2, -0.15) is 0 Å². The number of aliphatic hydroxyl groups excluding tert-OH is 1. The van der Waals surface area contributed by atoms with Crippen molar-refractivity contribution < 1.29 is 19.3 Å². The lowest BCUT2D eigenvalue weighted by molar-refractivity contribution is -0.272. The van der Waals surface area contributed by atoms with Gasteiger partial charge in [0.15, 0.2) is 6.29 Å². The Balaban J connectivity index is 1.49. The van der Waals surface area contributed by atoms with Crippen LogP contribution < -0.4 is 0 Å². The zero-order valence-electron chi connectivity index (χ0n) is 15.5. The van der Waals surface area contributed by atoms with E-state index in [-0.39, 0.29) is 24.0 Å². The summed E-state index contributed by atoms with van der Waals surface area (Å²) in [5.41, 5.74) is 2.22. The number of hydrogen-bond acceptors (Lipinski definition) is 4. The molecule has 0 aromatic heterocycles. The van der Waals surface area contributed by atoms with Crippen LogP contribution in [0.2, 0.25) is 0 Å². The van der Waals surface area contributed by atoms with E-state index in [1.54, 1.807) is 0 Å². The molecule has 0 amide bonds. The highest BCUT2D eigenvalue weighted by Gasteiger charge is 2.41. The molecule has 2 aromatic rings. The van der Waals surface area contributed by atoms with Gasteiger partial charge in [0, 0.05) is 0 Å². The van der Waals surface area contributed by atoms with Crippen LogP contribution in [0.4, 0.5) is 0 Å². The van der Waals surface area contributed by atoms with E-state index in [1.807, 2.05) is 60.7 Å². The highest BCUT2D eigenvalue weighted by Crippen LogP contribution is 2.32. The fourth-order valence-electron chi connectivity index (χ4n) is 3.34. The van der Waals surface area contributed by atoms with E-state index in [1.165, 1.54) is 0 Å². The Kier molecular flexibility index (Phi) is 6.80. The highest BCUT2D eigenvalue weighted by atomic mass is 16.6. The fourth-order valence-corrected chi connectivity index (χ4v) is 3.34. The summed E-state index contributed by atoms with van der Waals surface area (Å²) in [6.45, 7) is 5.72. The van der Waals surface area contributed by atoms with Gasteiger partial charge in [0.25, 0.3) is 0 Å². The third-order valence-corrected chi connectivity index (χ3v) is 5.21. The molecule has 3 rings (SSSR count). The molecule has 0 spiro atoms.